The van der Waals surface area contributed by atoms with Crippen LogP contribution < -0.4 is 0 Å². The first-order valence-corrected chi connectivity index (χ1v) is 4.51. The SMILES string of the molecule is Cc1c(Cl)ccc2c(Cl)ncnc12. The first kappa shape index (κ1) is 8.73. The molecule has 2 aromatic rings. The molecule has 0 unspecified atom stereocenters. The van der Waals surface area contributed by atoms with Gasteiger partial charge in [-0.3, -0.25) is 0 Å². The fourth-order valence-corrected chi connectivity index (χ4v) is 1.56. The Morgan fingerprint density at radius 2 is 1.92 bits per heavy atom. The van der Waals surface area contributed by atoms with E-state index >= 15 is 0 Å². The highest BCUT2D eigenvalue weighted by Crippen LogP contribution is 2.26. The second-order valence-electron chi connectivity index (χ2n) is 2.73. The number of fused-ring (bicyclic) bond motifs is 1. The van der Waals surface area contributed by atoms with Gasteiger partial charge in [-0.05, 0) is 24.6 Å². The van der Waals surface area contributed by atoms with E-state index in [9.17, 15) is 0 Å². The van der Waals surface area contributed by atoms with Gasteiger partial charge in [0.1, 0.15) is 11.5 Å². The van der Waals surface area contributed by atoms with Gasteiger partial charge in [0.15, 0.2) is 0 Å². The van der Waals surface area contributed by atoms with Gasteiger partial charge in [-0.15, -0.1) is 0 Å². The molecule has 0 aliphatic rings. The second kappa shape index (κ2) is 3.13. The highest BCUT2D eigenvalue weighted by Gasteiger charge is 2.05. The van der Waals surface area contributed by atoms with Crippen LogP contribution in [0, 0.1) is 6.92 Å². The molecule has 0 N–H and O–H groups in total. The van der Waals surface area contributed by atoms with Crippen LogP contribution in [0.15, 0.2) is 18.5 Å². The fraction of sp³-hybridized carbons (Fsp3) is 0.111. The summed E-state index contributed by atoms with van der Waals surface area (Å²) in [6.07, 6.45) is 1.44. The highest BCUT2D eigenvalue weighted by atomic mass is 35.5. The Bertz CT molecular complexity index is 468. The topological polar surface area (TPSA) is 25.8 Å². The van der Waals surface area contributed by atoms with Crippen LogP contribution in [0.25, 0.3) is 10.9 Å². The van der Waals surface area contributed by atoms with E-state index in [1.54, 1.807) is 6.07 Å². The fourth-order valence-electron chi connectivity index (χ4n) is 1.22. The zero-order chi connectivity index (χ0) is 9.42. The molecular weight excluding hydrogens is 207 g/mol. The smallest absolute Gasteiger partial charge is 0.140 e. The second-order valence-corrected chi connectivity index (χ2v) is 3.50. The molecule has 1 heterocycles. The molecule has 0 atom stereocenters. The van der Waals surface area contributed by atoms with Crippen molar-refractivity contribution in [2.75, 3.05) is 0 Å². The Balaban J connectivity index is 2.94. The summed E-state index contributed by atoms with van der Waals surface area (Å²) in [4.78, 5) is 8.01. The third kappa shape index (κ3) is 1.36. The number of aryl methyl sites for hydroxylation is 1. The molecule has 1 aromatic carbocycles. The number of benzene rings is 1. The number of nitrogens with zero attached hydrogens (tertiary/aromatic N) is 2. The van der Waals surface area contributed by atoms with Crippen molar-refractivity contribution in [2.45, 2.75) is 6.92 Å². The standard InChI is InChI=1S/C9H6Cl2N2/c1-5-7(10)3-2-6-8(5)12-4-13-9(6)11/h2-4H,1H3. The quantitative estimate of drug-likeness (QED) is 0.627. The summed E-state index contributed by atoms with van der Waals surface area (Å²) in [5, 5.41) is 2.00. The third-order valence-corrected chi connectivity index (χ3v) is 2.66. The average Bonchev–Trinajstić information content (AvgIpc) is 2.12. The zero-order valence-electron chi connectivity index (χ0n) is 6.88. The normalized spacial score (nSPS) is 10.7. The first-order valence-electron chi connectivity index (χ1n) is 3.75. The van der Waals surface area contributed by atoms with E-state index in [1.165, 1.54) is 6.33 Å². The maximum atomic E-state index is 5.94. The number of hydrogen-bond acceptors (Lipinski definition) is 2. The lowest BCUT2D eigenvalue weighted by Gasteiger charge is -2.03. The predicted molar refractivity (Wildman–Crippen MR) is 54.3 cm³/mol. The lowest BCUT2D eigenvalue weighted by Crippen LogP contribution is -1.87. The van der Waals surface area contributed by atoms with Crippen molar-refractivity contribution in [3.05, 3.63) is 34.2 Å². The summed E-state index contributed by atoms with van der Waals surface area (Å²) in [6.45, 7) is 1.91. The Morgan fingerprint density at radius 1 is 1.15 bits per heavy atom. The molecule has 0 spiro atoms. The minimum Gasteiger partial charge on any atom is -0.236 e. The van der Waals surface area contributed by atoms with Crippen LogP contribution in [0.4, 0.5) is 0 Å². The summed E-state index contributed by atoms with van der Waals surface area (Å²) in [7, 11) is 0. The number of hydrogen-bond donors (Lipinski definition) is 0. The maximum Gasteiger partial charge on any atom is 0.140 e. The summed E-state index contributed by atoms with van der Waals surface area (Å²) < 4.78 is 0. The van der Waals surface area contributed by atoms with Crippen LogP contribution in [-0.4, -0.2) is 9.97 Å². The molecule has 1 aromatic heterocycles. The Labute approximate surface area is 85.5 Å². The molecule has 0 aliphatic heterocycles. The molecule has 0 saturated heterocycles. The van der Waals surface area contributed by atoms with Gasteiger partial charge in [-0.1, -0.05) is 23.2 Å². The highest BCUT2D eigenvalue weighted by molar-refractivity contribution is 6.35. The van der Waals surface area contributed by atoms with Crippen molar-refractivity contribution in [3.8, 4) is 0 Å². The minimum absolute atomic E-state index is 0.463. The first-order chi connectivity index (χ1) is 6.20. The van der Waals surface area contributed by atoms with Crippen molar-refractivity contribution in [3.63, 3.8) is 0 Å². The molecule has 0 bridgehead atoms. The molecule has 0 saturated carbocycles. The van der Waals surface area contributed by atoms with Crippen LogP contribution >= 0.6 is 23.2 Å². The zero-order valence-corrected chi connectivity index (χ0v) is 8.39. The monoisotopic (exact) mass is 212 g/mol. The van der Waals surface area contributed by atoms with Gasteiger partial charge < -0.3 is 0 Å². The van der Waals surface area contributed by atoms with E-state index in [0.29, 0.717) is 10.2 Å². The number of rotatable bonds is 0. The summed E-state index contributed by atoms with van der Waals surface area (Å²) in [5.41, 5.74) is 1.75. The van der Waals surface area contributed by atoms with Gasteiger partial charge in [0, 0.05) is 10.4 Å². The van der Waals surface area contributed by atoms with Gasteiger partial charge in [0.25, 0.3) is 0 Å². The molecule has 66 valence electrons. The van der Waals surface area contributed by atoms with Crippen molar-refractivity contribution in [2.24, 2.45) is 0 Å². The lowest BCUT2D eigenvalue weighted by atomic mass is 10.1. The van der Waals surface area contributed by atoms with Gasteiger partial charge >= 0.3 is 0 Å². The van der Waals surface area contributed by atoms with Crippen molar-refractivity contribution >= 4 is 34.1 Å². The van der Waals surface area contributed by atoms with Gasteiger partial charge in [-0.25, -0.2) is 9.97 Å². The van der Waals surface area contributed by atoms with E-state index < -0.39 is 0 Å². The Hall–Kier alpha value is -0.860. The summed E-state index contributed by atoms with van der Waals surface area (Å²) in [5.74, 6) is 0. The molecule has 13 heavy (non-hydrogen) atoms. The van der Waals surface area contributed by atoms with E-state index in [4.69, 9.17) is 23.2 Å². The van der Waals surface area contributed by atoms with Crippen molar-refractivity contribution in [1.82, 2.24) is 9.97 Å². The lowest BCUT2D eigenvalue weighted by molar-refractivity contribution is 1.21. The Kier molecular flexibility index (Phi) is 2.10. The average molecular weight is 213 g/mol. The largest absolute Gasteiger partial charge is 0.236 e. The van der Waals surface area contributed by atoms with Gasteiger partial charge in [-0.2, -0.15) is 0 Å². The molecule has 0 fully saturated rings. The summed E-state index contributed by atoms with van der Waals surface area (Å²) >= 11 is 11.8. The maximum absolute atomic E-state index is 5.94. The Morgan fingerprint density at radius 3 is 2.69 bits per heavy atom. The molecule has 2 rings (SSSR count). The third-order valence-electron chi connectivity index (χ3n) is 1.95. The van der Waals surface area contributed by atoms with Crippen molar-refractivity contribution in [1.29, 1.82) is 0 Å². The molecule has 2 nitrogen and oxygen atoms in total. The molecule has 0 radical (unpaired) electrons. The van der Waals surface area contributed by atoms with E-state index in [1.807, 2.05) is 13.0 Å². The minimum atomic E-state index is 0.463. The van der Waals surface area contributed by atoms with Crippen molar-refractivity contribution < 1.29 is 0 Å². The summed E-state index contributed by atoms with van der Waals surface area (Å²) in [6, 6.07) is 3.63. The van der Waals surface area contributed by atoms with Gasteiger partial charge in [0.2, 0.25) is 0 Å². The number of halogens is 2. The van der Waals surface area contributed by atoms with E-state index in [0.717, 1.165) is 16.5 Å². The van der Waals surface area contributed by atoms with E-state index in [-0.39, 0.29) is 0 Å². The van der Waals surface area contributed by atoms with Crippen LogP contribution in [0.1, 0.15) is 5.56 Å². The predicted octanol–water partition coefficient (Wildman–Crippen LogP) is 3.25. The van der Waals surface area contributed by atoms with E-state index in [2.05, 4.69) is 9.97 Å². The number of aromatic nitrogens is 2. The van der Waals surface area contributed by atoms with Crippen LogP contribution in [-0.2, 0) is 0 Å². The molecule has 0 aliphatic carbocycles. The van der Waals surface area contributed by atoms with Crippen LogP contribution in [0.3, 0.4) is 0 Å². The molecule has 4 heteroatoms. The van der Waals surface area contributed by atoms with Crippen LogP contribution in [0.2, 0.25) is 10.2 Å². The van der Waals surface area contributed by atoms with Gasteiger partial charge in [0.05, 0.1) is 5.52 Å². The van der Waals surface area contributed by atoms with Crippen LogP contribution in [0.5, 0.6) is 0 Å². The molecular formula is C9H6Cl2N2. The molecule has 0 amide bonds.